The molecule has 0 atom stereocenters. The number of hydrogen-bond donors (Lipinski definition) is 0. The standard InChI is InChI=1S/C16H16ClFO2/c1-19-14-5-2-12(3-6-14)8-9-20-16-7-4-13(11-17)10-15(16)18/h2-7,10H,8-9,11H2,1H3. The first-order valence-corrected chi connectivity index (χ1v) is 6.86. The largest absolute Gasteiger partial charge is 0.497 e. The van der Waals surface area contributed by atoms with Gasteiger partial charge in [-0.15, -0.1) is 11.6 Å². The van der Waals surface area contributed by atoms with Crippen molar-refractivity contribution < 1.29 is 13.9 Å². The average Bonchev–Trinajstić information content (AvgIpc) is 2.49. The molecule has 20 heavy (non-hydrogen) atoms. The van der Waals surface area contributed by atoms with Gasteiger partial charge in [-0.3, -0.25) is 0 Å². The van der Waals surface area contributed by atoms with Crippen LogP contribution in [0.5, 0.6) is 11.5 Å². The third-order valence-electron chi connectivity index (χ3n) is 2.96. The molecule has 0 aliphatic heterocycles. The van der Waals surface area contributed by atoms with Crippen LogP contribution in [0, 0.1) is 5.82 Å². The Bertz CT molecular complexity index is 555. The fourth-order valence-corrected chi connectivity index (χ4v) is 1.98. The lowest BCUT2D eigenvalue weighted by Crippen LogP contribution is -2.03. The molecule has 2 aromatic carbocycles. The highest BCUT2D eigenvalue weighted by atomic mass is 35.5. The lowest BCUT2D eigenvalue weighted by molar-refractivity contribution is 0.305. The van der Waals surface area contributed by atoms with Gasteiger partial charge < -0.3 is 9.47 Å². The van der Waals surface area contributed by atoms with Gasteiger partial charge in [-0.05, 0) is 35.4 Å². The van der Waals surface area contributed by atoms with Crippen LogP contribution in [0.4, 0.5) is 4.39 Å². The Balaban J connectivity index is 1.88. The van der Waals surface area contributed by atoms with Gasteiger partial charge in [0.2, 0.25) is 0 Å². The van der Waals surface area contributed by atoms with Crippen LogP contribution >= 0.6 is 11.6 Å². The summed E-state index contributed by atoms with van der Waals surface area (Å²) in [6.07, 6.45) is 0.709. The van der Waals surface area contributed by atoms with E-state index in [1.807, 2.05) is 24.3 Å². The molecular formula is C16H16ClFO2. The summed E-state index contributed by atoms with van der Waals surface area (Å²) in [6, 6.07) is 12.5. The minimum atomic E-state index is -0.377. The molecular weight excluding hydrogens is 279 g/mol. The van der Waals surface area contributed by atoms with Crippen molar-refractivity contribution in [2.75, 3.05) is 13.7 Å². The van der Waals surface area contributed by atoms with Gasteiger partial charge in [0.1, 0.15) is 5.75 Å². The van der Waals surface area contributed by atoms with Gasteiger partial charge in [-0.1, -0.05) is 18.2 Å². The van der Waals surface area contributed by atoms with Crippen molar-refractivity contribution in [2.45, 2.75) is 12.3 Å². The van der Waals surface area contributed by atoms with Crippen LogP contribution in [-0.4, -0.2) is 13.7 Å². The van der Waals surface area contributed by atoms with Gasteiger partial charge in [0.05, 0.1) is 13.7 Å². The molecule has 0 heterocycles. The van der Waals surface area contributed by atoms with Crippen LogP contribution in [0.3, 0.4) is 0 Å². The topological polar surface area (TPSA) is 18.5 Å². The zero-order valence-corrected chi connectivity index (χ0v) is 12.0. The third-order valence-corrected chi connectivity index (χ3v) is 3.27. The second-order valence-corrected chi connectivity index (χ2v) is 4.61. The Labute approximate surface area is 123 Å². The van der Waals surface area contributed by atoms with E-state index >= 15 is 0 Å². The first-order valence-electron chi connectivity index (χ1n) is 6.33. The molecule has 2 aromatic rings. The molecule has 0 bridgehead atoms. The van der Waals surface area contributed by atoms with Gasteiger partial charge >= 0.3 is 0 Å². The van der Waals surface area contributed by atoms with Gasteiger partial charge in [-0.25, -0.2) is 4.39 Å². The van der Waals surface area contributed by atoms with Crippen molar-refractivity contribution in [1.29, 1.82) is 0 Å². The Kier molecular flexibility index (Phi) is 5.24. The third kappa shape index (κ3) is 3.87. The summed E-state index contributed by atoms with van der Waals surface area (Å²) in [5, 5.41) is 0. The number of rotatable bonds is 6. The fourth-order valence-electron chi connectivity index (χ4n) is 1.82. The van der Waals surface area contributed by atoms with Crippen molar-refractivity contribution in [3.63, 3.8) is 0 Å². The second kappa shape index (κ2) is 7.15. The van der Waals surface area contributed by atoms with Crippen molar-refractivity contribution in [3.05, 3.63) is 59.4 Å². The van der Waals surface area contributed by atoms with Crippen molar-refractivity contribution in [2.24, 2.45) is 0 Å². The normalized spacial score (nSPS) is 10.3. The predicted octanol–water partition coefficient (Wildman–Crippen LogP) is 4.19. The van der Waals surface area contributed by atoms with E-state index in [1.54, 1.807) is 19.2 Å². The molecule has 4 heteroatoms. The van der Waals surface area contributed by atoms with Crippen molar-refractivity contribution >= 4 is 11.6 Å². The Morgan fingerprint density at radius 3 is 2.35 bits per heavy atom. The number of methoxy groups -OCH3 is 1. The highest BCUT2D eigenvalue weighted by Crippen LogP contribution is 2.20. The molecule has 0 N–H and O–H groups in total. The molecule has 0 aliphatic rings. The lowest BCUT2D eigenvalue weighted by atomic mass is 10.1. The minimum absolute atomic E-state index is 0.257. The maximum absolute atomic E-state index is 13.7. The van der Waals surface area contributed by atoms with Gasteiger partial charge in [0.25, 0.3) is 0 Å². The Hall–Kier alpha value is -1.74. The summed E-state index contributed by atoms with van der Waals surface area (Å²) in [4.78, 5) is 0. The zero-order valence-electron chi connectivity index (χ0n) is 11.2. The van der Waals surface area contributed by atoms with E-state index in [9.17, 15) is 4.39 Å². The molecule has 0 aromatic heterocycles. The smallest absolute Gasteiger partial charge is 0.165 e. The molecule has 2 nitrogen and oxygen atoms in total. The van der Waals surface area contributed by atoms with E-state index in [2.05, 4.69) is 0 Å². The summed E-state index contributed by atoms with van der Waals surface area (Å²) >= 11 is 5.64. The van der Waals surface area contributed by atoms with E-state index in [4.69, 9.17) is 21.1 Å². The number of hydrogen-bond acceptors (Lipinski definition) is 2. The van der Waals surface area contributed by atoms with Crippen LogP contribution in [0.15, 0.2) is 42.5 Å². The van der Waals surface area contributed by atoms with Crippen LogP contribution < -0.4 is 9.47 Å². The molecule has 0 unspecified atom stereocenters. The maximum Gasteiger partial charge on any atom is 0.165 e. The van der Waals surface area contributed by atoms with E-state index in [1.165, 1.54) is 6.07 Å². The van der Waals surface area contributed by atoms with Gasteiger partial charge in [0, 0.05) is 12.3 Å². The minimum Gasteiger partial charge on any atom is -0.497 e. The molecule has 0 aliphatic carbocycles. The zero-order chi connectivity index (χ0) is 14.4. The predicted molar refractivity (Wildman–Crippen MR) is 78.2 cm³/mol. The summed E-state index contributed by atoms with van der Waals surface area (Å²) < 4.78 is 24.2. The van der Waals surface area contributed by atoms with Gasteiger partial charge in [-0.2, -0.15) is 0 Å². The average molecular weight is 295 g/mol. The highest BCUT2D eigenvalue weighted by molar-refractivity contribution is 6.17. The van der Waals surface area contributed by atoms with E-state index in [0.29, 0.717) is 18.9 Å². The Morgan fingerprint density at radius 1 is 1.05 bits per heavy atom. The number of halogens is 2. The van der Waals surface area contributed by atoms with Crippen LogP contribution in [0.25, 0.3) is 0 Å². The number of benzene rings is 2. The van der Waals surface area contributed by atoms with Crippen molar-refractivity contribution in [3.8, 4) is 11.5 Å². The summed E-state index contributed by atoms with van der Waals surface area (Å²) in [6.45, 7) is 0.420. The first kappa shape index (κ1) is 14.7. The van der Waals surface area contributed by atoms with Crippen LogP contribution in [-0.2, 0) is 12.3 Å². The summed E-state index contributed by atoms with van der Waals surface area (Å²) in [5.74, 6) is 0.992. The molecule has 2 rings (SSSR count). The maximum atomic E-state index is 13.7. The van der Waals surface area contributed by atoms with Gasteiger partial charge in [0.15, 0.2) is 11.6 Å². The quantitative estimate of drug-likeness (QED) is 0.744. The lowest BCUT2D eigenvalue weighted by Gasteiger charge is -2.08. The molecule has 0 amide bonds. The summed E-state index contributed by atoms with van der Waals surface area (Å²) in [5.41, 5.74) is 1.86. The highest BCUT2D eigenvalue weighted by Gasteiger charge is 2.04. The molecule has 106 valence electrons. The Morgan fingerprint density at radius 2 is 1.75 bits per heavy atom. The molecule has 0 spiro atoms. The SMILES string of the molecule is COc1ccc(CCOc2ccc(CCl)cc2F)cc1. The van der Waals surface area contributed by atoms with Crippen molar-refractivity contribution in [1.82, 2.24) is 0 Å². The monoisotopic (exact) mass is 294 g/mol. The molecule has 0 saturated carbocycles. The second-order valence-electron chi connectivity index (χ2n) is 4.34. The number of alkyl halides is 1. The summed E-state index contributed by atoms with van der Waals surface area (Å²) in [7, 11) is 1.63. The molecule has 0 fully saturated rings. The van der Waals surface area contributed by atoms with Crippen LogP contribution in [0.2, 0.25) is 0 Å². The number of ether oxygens (including phenoxy) is 2. The molecule has 0 radical (unpaired) electrons. The van der Waals surface area contributed by atoms with Crippen LogP contribution in [0.1, 0.15) is 11.1 Å². The molecule has 0 saturated heterocycles. The van der Waals surface area contributed by atoms with E-state index < -0.39 is 0 Å². The van der Waals surface area contributed by atoms with E-state index in [0.717, 1.165) is 16.9 Å². The van der Waals surface area contributed by atoms with E-state index in [-0.39, 0.29) is 11.6 Å². The first-order chi connectivity index (χ1) is 9.72. The fraction of sp³-hybridized carbons (Fsp3) is 0.250.